The van der Waals surface area contributed by atoms with Crippen LogP contribution in [0.4, 0.5) is 0 Å². The van der Waals surface area contributed by atoms with Crippen molar-refractivity contribution in [2.24, 2.45) is 5.92 Å². The average Bonchev–Trinajstić information content (AvgIpc) is 2.84. The van der Waals surface area contributed by atoms with Crippen LogP contribution in [0.2, 0.25) is 0 Å². The van der Waals surface area contributed by atoms with Crippen molar-refractivity contribution in [1.82, 2.24) is 0 Å². The standard InChI is InChI=1S/C15H16O4/c1-9(13-11(3)14(16)19-15(13)17)5-4-6-12-7-10(2)18-8-12/h4-5,7-8,11H,6H2,1-3H3. The van der Waals surface area contributed by atoms with E-state index in [1.165, 1.54) is 0 Å². The largest absolute Gasteiger partial charge is 0.469 e. The number of cyclic esters (lactones) is 2. The molecule has 4 heteroatoms. The maximum absolute atomic E-state index is 11.5. The number of aryl methyl sites for hydroxylation is 1. The van der Waals surface area contributed by atoms with E-state index in [0.29, 0.717) is 5.57 Å². The number of allylic oxidation sites excluding steroid dienone is 3. The molecule has 0 saturated carbocycles. The molecule has 0 bridgehead atoms. The van der Waals surface area contributed by atoms with Gasteiger partial charge in [0.2, 0.25) is 0 Å². The summed E-state index contributed by atoms with van der Waals surface area (Å²) >= 11 is 0. The molecule has 2 rings (SSSR count). The van der Waals surface area contributed by atoms with Crippen LogP contribution in [0, 0.1) is 12.8 Å². The van der Waals surface area contributed by atoms with Gasteiger partial charge in [0.1, 0.15) is 5.76 Å². The molecule has 0 amide bonds. The molecule has 100 valence electrons. The zero-order valence-corrected chi connectivity index (χ0v) is 11.2. The summed E-state index contributed by atoms with van der Waals surface area (Å²) in [5.41, 5.74) is 2.29. The van der Waals surface area contributed by atoms with E-state index in [1.54, 1.807) is 13.2 Å². The average molecular weight is 260 g/mol. The van der Waals surface area contributed by atoms with Gasteiger partial charge >= 0.3 is 11.9 Å². The molecule has 1 aromatic heterocycles. The SMILES string of the molecule is CC(C=CCc1coc(C)c1)=C1C(=O)OC(=O)C1C. The lowest BCUT2D eigenvalue weighted by Crippen LogP contribution is -2.04. The van der Waals surface area contributed by atoms with E-state index in [-0.39, 0.29) is 0 Å². The molecule has 1 saturated heterocycles. The zero-order chi connectivity index (χ0) is 14.0. The Hall–Kier alpha value is -2.10. The second-order valence-corrected chi connectivity index (χ2v) is 4.70. The third kappa shape index (κ3) is 2.84. The van der Waals surface area contributed by atoms with Crippen molar-refractivity contribution in [3.63, 3.8) is 0 Å². The highest BCUT2D eigenvalue weighted by Gasteiger charge is 2.36. The fourth-order valence-electron chi connectivity index (χ4n) is 2.10. The molecule has 1 atom stereocenters. The Morgan fingerprint density at radius 2 is 2.16 bits per heavy atom. The number of esters is 2. The van der Waals surface area contributed by atoms with E-state index in [1.807, 2.05) is 32.1 Å². The highest BCUT2D eigenvalue weighted by Crippen LogP contribution is 2.25. The Kier molecular flexibility index (Phi) is 3.69. The predicted octanol–water partition coefficient (Wildman–Crippen LogP) is 2.72. The van der Waals surface area contributed by atoms with Crippen molar-refractivity contribution in [2.45, 2.75) is 27.2 Å². The van der Waals surface area contributed by atoms with E-state index in [2.05, 4.69) is 4.74 Å². The van der Waals surface area contributed by atoms with Crippen molar-refractivity contribution in [3.8, 4) is 0 Å². The second-order valence-electron chi connectivity index (χ2n) is 4.70. The van der Waals surface area contributed by atoms with Crippen molar-refractivity contribution in [3.05, 3.63) is 47.0 Å². The van der Waals surface area contributed by atoms with Crippen LogP contribution in [-0.4, -0.2) is 11.9 Å². The fraction of sp³-hybridized carbons (Fsp3) is 0.333. The summed E-state index contributed by atoms with van der Waals surface area (Å²) in [6.45, 7) is 5.38. The van der Waals surface area contributed by atoms with Gasteiger partial charge in [0.25, 0.3) is 0 Å². The van der Waals surface area contributed by atoms with Crippen LogP contribution < -0.4 is 0 Å². The highest BCUT2D eigenvalue weighted by atomic mass is 16.6. The summed E-state index contributed by atoms with van der Waals surface area (Å²) in [6, 6.07) is 1.96. The van der Waals surface area contributed by atoms with E-state index < -0.39 is 17.9 Å². The smallest absolute Gasteiger partial charge is 0.342 e. The van der Waals surface area contributed by atoms with Crippen molar-refractivity contribution < 1.29 is 18.7 Å². The molecule has 1 aliphatic rings. The lowest BCUT2D eigenvalue weighted by Gasteiger charge is -2.00. The first kappa shape index (κ1) is 13.3. The van der Waals surface area contributed by atoms with Crippen LogP contribution in [0.3, 0.4) is 0 Å². The molecule has 1 aliphatic heterocycles. The lowest BCUT2D eigenvalue weighted by molar-refractivity contribution is -0.152. The summed E-state index contributed by atoms with van der Waals surface area (Å²) < 4.78 is 9.80. The van der Waals surface area contributed by atoms with Gasteiger partial charge in [0.05, 0.1) is 17.8 Å². The minimum absolute atomic E-state index is 0.449. The van der Waals surface area contributed by atoms with Gasteiger partial charge in [0, 0.05) is 0 Å². The lowest BCUT2D eigenvalue weighted by atomic mass is 9.98. The number of hydrogen-bond donors (Lipinski definition) is 0. The Bertz CT molecular complexity index is 575. The maximum Gasteiger partial charge on any atom is 0.342 e. The van der Waals surface area contributed by atoms with Gasteiger partial charge in [-0.1, -0.05) is 12.2 Å². The normalized spacial score (nSPS) is 22.2. The number of carbonyl (C=O) groups excluding carboxylic acids is 2. The zero-order valence-electron chi connectivity index (χ0n) is 11.2. The molecule has 0 spiro atoms. The maximum atomic E-state index is 11.5. The highest BCUT2D eigenvalue weighted by molar-refractivity contribution is 6.08. The molecule has 4 nitrogen and oxygen atoms in total. The first-order valence-electron chi connectivity index (χ1n) is 6.16. The Balaban J connectivity index is 2.10. The molecule has 19 heavy (non-hydrogen) atoms. The van der Waals surface area contributed by atoms with Gasteiger partial charge in [0.15, 0.2) is 0 Å². The second kappa shape index (κ2) is 5.26. The Morgan fingerprint density at radius 1 is 1.42 bits per heavy atom. The number of carbonyl (C=O) groups is 2. The third-order valence-corrected chi connectivity index (χ3v) is 3.13. The molecule has 0 radical (unpaired) electrons. The molecule has 1 fully saturated rings. The molecule has 0 aromatic carbocycles. The van der Waals surface area contributed by atoms with Gasteiger partial charge in [-0.15, -0.1) is 0 Å². The van der Waals surface area contributed by atoms with Crippen LogP contribution in [0.5, 0.6) is 0 Å². The monoisotopic (exact) mass is 260 g/mol. The van der Waals surface area contributed by atoms with Gasteiger partial charge < -0.3 is 9.15 Å². The molecule has 0 aliphatic carbocycles. The van der Waals surface area contributed by atoms with E-state index >= 15 is 0 Å². The molecule has 1 aromatic rings. The summed E-state index contributed by atoms with van der Waals surface area (Å²) in [6.07, 6.45) is 6.21. The molecule has 1 unspecified atom stereocenters. The number of furan rings is 1. The summed E-state index contributed by atoms with van der Waals surface area (Å²) in [4.78, 5) is 22.8. The molecular weight excluding hydrogens is 244 g/mol. The van der Waals surface area contributed by atoms with Crippen LogP contribution in [0.15, 0.2) is 40.0 Å². The molecular formula is C15H16O4. The first-order valence-corrected chi connectivity index (χ1v) is 6.16. The Morgan fingerprint density at radius 3 is 2.68 bits per heavy atom. The van der Waals surface area contributed by atoms with Gasteiger partial charge in [-0.05, 0) is 44.4 Å². The number of ether oxygens (including phenoxy) is 1. The number of rotatable bonds is 3. The minimum Gasteiger partial charge on any atom is -0.469 e. The van der Waals surface area contributed by atoms with Gasteiger partial charge in [-0.3, -0.25) is 4.79 Å². The number of hydrogen-bond acceptors (Lipinski definition) is 4. The topological polar surface area (TPSA) is 56.5 Å². The summed E-state index contributed by atoms with van der Waals surface area (Å²) in [5, 5.41) is 0. The summed E-state index contributed by atoms with van der Waals surface area (Å²) in [7, 11) is 0. The minimum atomic E-state index is -0.529. The first-order chi connectivity index (χ1) is 8.99. The van der Waals surface area contributed by atoms with Crippen LogP contribution >= 0.6 is 0 Å². The van der Waals surface area contributed by atoms with Gasteiger partial charge in [-0.25, -0.2) is 4.79 Å². The third-order valence-electron chi connectivity index (χ3n) is 3.13. The summed E-state index contributed by atoms with van der Waals surface area (Å²) in [5.74, 6) is -0.609. The Labute approximate surface area is 111 Å². The van der Waals surface area contributed by atoms with Crippen molar-refractivity contribution in [2.75, 3.05) is 0 Å². The quantitative estimate of drug-likeness (QED) is 0.476. The van der Waals surface area contributed by atoms with Crippen LogP contribution in [-0.2, 0) is 20.7 Å². The van der Waals surface area contributed by atoms with Crippen molar-refractivity contribution in [1.29, 1.82) is 0 Å². The van der Waals surface area contributed by atoms with Crippen LogP contribution in [0.1, 0.15) is 25.2 Å². The van der Waals surface area contributed by atoms with E-state index in [4.69, 9.17) is 4.42 Å². The molecule has 0 N–H and O–H groups in total. The predicted molar refractivity (Wildman–Crippen MR) is 69.3 cm³/mol. The fourth-order valence-corrected chi connectivity index (χ4v) is 2.10. The van der Waals surface area contributed by atoms with Crippen LogP contribution in [0.25, 0.3) is 0 Å². The van der Waals surface area contributed by atoms with Crippen molar-refractivity contribution >= 4 is 11.9 Å². The van der Waals surface area contributed by atoms with E-state index in [0.717, 1.165) is 23.3 Å². The van der Waals surface area contributed by atoms with Gasteiger partial charge in [-0.2, -0.15) is 0 Å². The molecule has 2 heterocycles. The van der Waals surface area contributed by atoms with E-state index in [9.17, 15) is 9.59 Å².